The monoisotopic (exact) mass is 383 g/mol. The van der Waals surface area contributed by atoms with Crippen molar-refractivity contribution in [2.45, 2.75) is 17.9 Å². The predicted octanol–water partition coefficient (Wildman–Crippen LogP) is 1.30. The van der Waals surface area contributed by atoms with Gasteiger partial charge in [-0.25, -0.2) is 17.9 Å². The van der Waals surface area contributed by atoms with Gasteiger partial charge in [-0.3, -0.25) is 9.78 Å². The highest BCUT2D eigenvalue weighted by molar-refractivity contribution is 7.89. The maximum Gasteiger partial charge on any atom is 0.417 e. The molecule has 3 aromatic rings. The van der Waals surface area contributed by atoms with Crippen LogP contribution in [0.2, 0.25) is 5.02 Å². The van der Waals surface area contributed by atoms with E-state index in [1.54, 1.807) is 0 Å². The zero-order chi connectivity index (χ0) is 18.0. The van der Waals surface area contributed by atoms with Crippen LogP contribution < -0.4 is 16.0 Å². The molecule has 8 nitrogen and oxygen atoms in total. The summed E-state index contributed by atoms with van der Waals surface area (Å²) in [6.07, 6.45) is 1.90. The average molecular weight is 384 g/mol. The Morgan fingerprint density at radius 2 is 2.00 bits per heavy atom. The molecule has 0 spiro atoms. The molecule has 0 saturated carbocycles. The maximum atomic E-state index is 12.3. The molecule has 2 N–H and O–H groups in total. The van der Waals surface area contributed by atoms with Crippen molar-refractivity contribution in [3.05, 3.63) is 62.5 Å². The van der Waals surface area contributed by atoms with Gasteiger partial charge in [0, 0.05) is 31.4 Å². The molecular formula is C15H14ClN3O5S. The van der Waals surface area contributed by atoms with E-state index in [1.165, 1.54) is 41.1 Å². The summed E-state index contributed by atoms with van der Waals surface area (Å²) >= 11 is 5.83. The number of aromatic nitrogens is 2. The largest absolute Gasteiger partial charge is 0.417 e. The zero-order valence-electron chi connectivity index (χ0n) is 12.9. The first kappa shape index (κ1) is 17.5. The minimum Gasteiger partial charge on any atom is -0.408 e. The van der Waals surface area contributed by atoms with Crippen molar-refractivity contribution in [1.29, 1.82) is 0 Å². The SMILES string of the molecule is O=c1[nH]c2ccc(S(=O)(=O)NCCCn3cc(Cl)ccc3=O)cc2o1. The number of sulfonamides is 1. The van der Waals surface area contributed by atoms with Gasteiger partial charge in [0.05, 0.1) is 15.4 Å². The number of benzene rings is 1. The standard InChI is InChI=1S/C15H14ClN3O5S/c16-10-2-5-14(20)19(9-10)7-1-6-17-25(22,23)11-3-4-12-13(8-11)24-15(21)18-12/h2-5,8-9,17H,1,6-7H2,(H,18,21). The van der Waals surface area contributed by atoms with Crippen molar-refractivity contribution in [3.63, 3.8) is 0 Å². The van der Waals surface area contributed by atoms with Crippen LogP contribution in [-0.2, 0) is 16.6 Å². The van der Waals surface area contributed by atoms with E-state index in [2.05, 4.69) is 9.71 Å². The number of rotatable bonds is 6. The Balaban J connectivity index is 1.65. The Morgan fingerprint density at radius 1 is 1.20 bits per heavy atom. The second kappa shape index (κ2) is 6.87. The summed E-state index contributed by atoms with van der Waals surface area (Å²) in [5.74, 6) is -0.649. The Bertz CT molecular complexity index is 1130. The number of nitrogens with zero attached hydrogens (tertiary/aromatic N) is 1. The Hall–Kier alpha value is -2.36. The second-order valence-electron chi connectivity index (χ2n) is 5.30. The number of aromatic amines is 1. The fourth-order valence-electron chi connectivity index (χ4n) is 2.31. The van der Waals surface area contributed by atoms with Crippen LogP contribution in [0.1, 0.15) is 6.42 Å². The lowest BCUT2D eigenvalue weighted by Crippen LogP contribution is -2.27. The molecule has 132 valence electrons. The highest BCUT2D eigenvalue weighted by Crippen LogP contribution is 2.16. The molecule has 2 aromatic heterocycles. The van der Waals surface area contributed by atoms with Crippen molar-refractivity contribution in [2.24, 2.45) is 0 Å². The van der Waals surface area contributed by atoms with Gasteiger partial charge >= 0.3 is 5.76 Å². The van der Waals surface area contributed by atoms with Crippen LogP contribution in [-0.4, -0.2) is 24.5 Å². The molecule has 0 aliphatic rings. The highest BCUT2D eigenvalue weighted by Gasteiger charge is 2.15. The Labute approximate surface area is 147 Å². The van der Waals surface area contributed by atoms with E-state index in [-0.39, 0.29) is 22.6 Å². The quantitative estimate of drug-likeness (QED) is 0.623. The third kappa shape index (κ3) is 4.01. The van der Waals surface area contributed by atoms with Gasteiger partial charge in [0.1, 0.15) is 0 Å². The number of aryl methyl sites for hydroxylation is 1. The summed E-state index contributed by atoms with van der Waals surface area (Å²) in [7, 11) is -3.75. The summed E-state index contributed by atoms with van der Waals surface area (Å²) in [4.78, 5) is 25.2. The molecule has 2 heterocycles. The molecule has 10 heteroatoms. The maximum absolute atomic E-state index is 12.3. The zero-order valence-corrected chi connectivity index (χ0v) is 14.4. The molecule has 0 radical (unpaired) electrons. The van der Waals surface area contributed by atoms with Crippen LogP contribution in [0.5, 0.6) is 0 Å². The fourth-order valence-corrected chi connectivity index (χ4v) is 3.58. The number of hydrogen-bond donors (Lipinski definition) is 2. The second-order valence-corrected chi connectivity index (χ2v) is 7.51. The van der Waals surface area contributed by atoms with Crippen molar-refractivity contribution in [2.75, 3.05) is 6.54 Å². The van der Waals surface area contributed by atoms with Gasteiger partial charge in [0.2, 0.25) is 10.0 Å². The summed E-state index contributed by atoms with van der Waals surface area (Å²) in [6, 6.07) is 6.96. The average Bonchev–Trinajstić information content (AvgIpc) is 2.93. The molecule has 1 aromatic carbocycles. The molecule has 0 unspecified atom stereocenters. The van der Waals surface area contributed by atoms with E-state index in [0.717, 1.165) is 0 Å². The normalized spacial score (nSPS) is 11.9. The molecule has 0 aliphatic carbocycles. The highest BCUT2D eigenvalue weighted by atomic mass is 35.5. The van der Waals surface area contributed by atoms with Gasteiger partial charge in [-0.15, -0.1) is 0 Å². The number of pyridine rings is 1. The molecule has 0 aliphatic heterocycles. The van der Waals surface area contributed by atoms with Gasteiger partial charge in [-0.2, -0.15) is 0 Å². The van der Waals surface area contributed by atoms with Crippen LogP contribution in [0.25, 0.3) is 11.1 Å². The third-order valence-electron chi connectivity index (χ3n) is 3.52. The van der Waals surface area contributed by atoms with E-state index in [9.17, 15) is 18.0 Å². The topological polar surface area (TPSA) is 114 Å². The number of fused-ring (bicyclic) bond motifs is 1. The first-order valence-corrected chi connectivity index (χ1v) is 9.20. The molecule has 0 bridgehead atoms. The Morgan fingerprint density at radius 3 is 2.80 bits per heavy atom. The van der Waals surface area contributed by atoms with E-state index in [0.29, 0.717) is 23.5 Å². The number of oxazole rings is 1. The van der Waals surface area contributed by atoms with Crippen molar-refractivity contribution < 1.29 is 12.8 Å². The molecule has 3 rings (SSSR count). The molecule has 0 amide bonds. The minimum atomic E-state index is -3.75. The van der Waals surface area contributed by atoms with Crippen LogP contribution in [0, 0.1) is 0 Å². The lowest BCUT2D eigenvalue weighted by atomic mass is 10.3. The van der Waals surface area contributed by atoms with Gasteiger partial charge < -0.3 is 8.98 Å². The number of H-pyrrole nitrogens is 1. The van der Waals surface area contributed by atoms with Gasteiger partial charge in [-0.05, 0) is 24.6 Å². The molecule has 0 fully saturated rings. The van der Waals surface area contributed by atoms with Crippen LogP contribution in [0.3, 0.4) is 0 Å². The van der Waals surface area contributed by atoms with Crippen LogP contribution >= 0.6 is 11.6 Å². The van der Waals surface area contributed by atoms with Gasteiger partial charge in [0.25, 0.3) is 5.56 Å². The minimum absolute atomic E-state index is 0.0114. The van der Waals surface area contributed by atoms with Crippen LogP contribution in [0.4, 0.5) is 0 Å². The van der Waals surface area contributed by atoms with E-state index in [1.807, 2.05) is 0 Å². The number of nitrogens with one attached hydrogen (secondary N) is 2. The van der Waals surface area contributed by atoms with E-state index >= 15 is 0 Å². The summed E-state index contributed by atoms with van der Waals surface area (Å²) in [6.45, 7) is 0.462. The first-order chi connectivity index (χ1) is 11.8. The first-order valence-electron chi connectivity index (χ1n) is 7.34. The van der Waals surface area contributed by atoms with E-state index in [4.69, 9.17) is 16.0 Å². The van der Waals surface area contributed by atoms with E-state index < -0.39 is 15.8 Å². The van der Waals surface area contributed by atoms with Gasteiger partial charge in [-0.1, -0.05) is 11.6 Å². The molecule has 25 heavy (non-hydrogen) atoms. The lowest BCUT2D eigenvalue weighted by molar-refractivity contribution is 0.552. The summed E-state index contributed by atoms with van der Waals surface area (Å²) < 4.78 is 33.3. The van der Waals surface area contributed by atoms with Crippen molar-refractivity contribution in [3.8, 4) is 0 Å². The molecule has 0 saturated heterocycles. The summed E-state index contributed by atoms with van der Waals surface area (Å²) in [5, 5.41) is 0.432. The third-order valence-corrected chi connectivity index (χ3v) is 5.20. The summed E-state index contributed by atoms with van der Waals surface area (Å²) in [5.41, 5.74) is 0.378. The smallest absolute Gasteiger partial charge is 0.408 e. The Kier molecular flexibility index (Phi) is 4.80. The number of hydrogen-bond acceptors (Lipinski definition) is 5. The molecular weight excluding hydrogens is 370 g/mol. The van der Waals surface area contributed by atoms with Crippen LogP contribution in [0.15, 0.2) is 55.4 Å². The lowest BCUT2D eigenvalue weighted by Gasteiger charge is -2.08. The van der Waals surface area contributed by atoms with Crippen molar-refractivity contribution >= 4 is 32.7 Å². The number of halogens is 1. The van der Waals surface area contributed by atoms with Crippen molar-refractivity contribution in [1.82, 2.24) is 14.3 Å². The molecule has 0 atom stereocenters. The van der Waals surface area contributed by atoms with Gasteiger partial charge in [0.15, 0.2) is 5.58 Å². The fraction of sp³-hybridized carbons (Fsp3) is 0.200. The predicted molar refractivity (Wildman–Crippen MR) is 92.4 cm³/mol.